The Morgan fingerprint density at radius 3 is 2.76 bits per heavy atom. The van der Waals surface area contributed by atoms with Crippen LogP contribution in [-0.2, 0) is 11.3 Å². The fourth-order valence-electron chi connectivity index (χ4n) is 2.06. The van der Waals surface area contributed by atoms with Gasteiger partial charge in [0.1, 0.15) is 0 Å². The van der Waals surface area contributed by atoms with E-state index < -0.39 is 0 Å². The first-order chi connectivity index (χ1) is 8.20. The first kappa shape index (κ1) is 12.3. The lowest BCUT2D eigenvalue weighted by atomic mass is 10.1. The van der Waals surface area contributed by atoms with Gasteiger partial charge in [0.15, 0.2) is 0 Å². The minimum absolute atomic E-state index is 0.833. The maximum Gasteiger partial charge on any atom is 0.0630 e. The minimum atomic E-state index is 0.833. The molecule has 0 unspecified atom stereocenters. The molecular weight excluding hydrogens is 212 g/mol. The topological polar surface area (TPSA) is 25.4 Å². The Kier molecular flexibility index (Phi) is 3.92. The summed E-state index contributed by atoms with van der Waals surface area (Å²) in [6.07, 6.45) is 1.81. The van der Waals surface area contributed by atoms with Crippen molar-refractivity contribution in [2.24, 2.45) is 0 Å². The van der Waals surface area contributed by atoms with Crippen molar-refractivity contribution in [1.82, 2.24) is 9.88 Å². The number of aryl methyl sites for hydroxylation is 1. The Bertz CT molecular complexity index is 409. The van der Waals surface area contributed by atoms with Crippen LogP contribution >= 0.6 is 0 Å². The average Bonchev–Trinajstić information content (AvgIpc) is 2.36. The standard InChI is InChI=1S/C14H20N2O/c1-4-13-9-11(2)12(3)14(15-13)10-16-5-7-17-8-6-16/h4,9H,1,5-8,10H2,2-3H3. The monoisotopic (exact) mass is 232 g/mol. The fraction of sp³-hybridized carbons (Fsp3) is 0.500. The Morgan fingerprint density at radius 2 is 2.12 bits per heavy atom. The molecule has 2 heterocycles. The lowest BCUT2D eigenvalue weighted by Crippen LogP contribution is -2.36. The van der Waals surface area contributed by atoms with Crippen molar-refractivity contribution < 1.29 is 4.74 Å². The number of aromatic nitrogens is 1. The second-order valence-corrected chi connectivity index (χ2v) is 4.53. The predicted molar refractivity (Wildman–Crippen MR) is 69.9 cm³/mol. The van der Waals surface area contributed by atoms with Crippen LogP contribution in [0, 0.1) is 13.8 Å². The van der Waals surface area contributed by atoms with E-state index in [1.54, 1.807) is 0 Å². The van der Waals surface area contributed by atoms with Gasteiger partial charge in [-0.3, -0.25) is 9.88 Å². The zero-order valence-electron chi connectivity index (χ0n) is 10.7. The molecule has 3 heteroatoms. The molecule has 0 atom stereocenters. The molecule has 1 aromatic rings. The van der Waals surface area contributed by atoms with E-state index in [0.29, 0.717) is 0 Å². The van der Waals surface area contributed by atoms with Crippen molar-refractivity contribution >= 4 is 6.08 Å². The number of morpholine rings is 1. The smallest absolute Gasteiger partial charge is 0.0630 e. The third-order valence-electron chi connectivity index (χ3n) is 3.34. The van der Waals surface area contributed by atoms with Gasteiger partial charge in [-0.05, 0) is 37.1 Å². The number of nitrogens with zero attached hydrogens (tertiary/aromatic N) is 2. The molecular formula is C14H20N2O. The number of hydrogen-bond acceptors (Lipinski definition) is 3. The summed E-state index contributed by atoms with van der Waals surface area (Å²) >= 11 is 0. The van der Waals surface area contributed by atoms with Gasteiger partial charge in [0.25, 0.3) is 0 Å². The molecule has 0 N–H and O–H groups in total. The Labute approximate surface area is 103 Å². The van der Waals surface area contributed by atoms with Crippen molar-refractivity contribution in [2.75, 3.05) is 26.3 Å². The Morgan fingerprint density at radius 1 is 1.41 bits per heavy atom. The van der Waals surface area contributed by atoms with E-state index in [4.69, 9.17) is 4.74 Å². The quantitative estimate of drug-likeness (QED) is 0.798. The van der Waals surface area contributed by atoms with E-state index in [2.05, 4.69) is 36.4 Å². The summed E-state index contributed by atoms with van der Waals surface area (Å²) in [5.74, 6) is 0. The third kappa shape index (κ3) is 2.93. The molecule has 0 spiro atoms. The highest BCUT2D eigenvalue weighted by molar-refractivity contribution is 5.45. The second kappa shape index (κ2) is 5.43. The zero-order chi connectivity index (χ0) is 12.3. The van der Waals surface area contributed by atoms with Gasteiger partial charge in [-0.1, -0.05) is 6.58 Å². The minimum Gasteiger partial charge on any atom is -0.379 e. The van der Waals surface area contributed by atoms with Gasteiger partial charge >= 0.3 is 0 Å². The van der Waals surface area contributed by atoms with E-state index in [1.807, 2.05) is 6.08 Å². The van der Waals surface area contributed by atoms with E-state index in [9.17, 15) is 0 Å². The van der Waals surface area contributed by atoms with Crippen LogP contribution in [0.1, 0.15) is 22.5 Å². The van der Waals surface area contributed by atoms with Crippen LogP contribution in [0.25, 0.3) is 6.08 Å². The van der Waals surface area contributed by atoms with Crippen molar-refractivity contribution in [3.8, 4) is 0 Å². The highest BCUT2D eigenvalue weighted by Gasteiger charge is 2.13. The van der Waals surface area contributed by atoms with E-state index >= 15 is 0 Å². The fourth-order valence-corrected chi connectivity index (χ4v) is 2.06. The lowest BCUT2D eigenvalue weighted by molar-refractivity contribution is 0.0335. The maximum absolute atomic E-state index is 5.36. The van der Waals surface area contributed by atoms with Crippen LogP contribution in [0.4, 0.5) is 0 Å². The first-order valence-electron chi connectivity index (χ1n) is 6.10. The molecule has 1 aromatic heterocycles. The molecule has 0 radical (unpaired) electrons. The predicted octanol–water partition coefficient (Wildman–Crippen LogP) is 2.17. The zero-order valence-corrected chi connectivity index (χ0v) is 10.7. The summed E-state index contributed by atoms with van der Waals surface area (Å²) < 4.78 is 5.36. The molecule has 1 aliphatic heterocycles. The van der Waals surface area contributed by atoms with Gasteiger partial charge in [-0.2, -0.15) is 0 Å². The third-order valence-corrected chi connectivity index (χ3v) is 3.34. The van der Waals surface area contributed by atoms with Crippen molar-refractivity contribution in [3.63, 3.8) is 0 Å². The van der Waals surface area contributed by atoms with Crippen molar-refractivity contribution in [1.29, 1.82) is 0 Å². The number of pyridine rings is 1. The summed E-state index contributed by atoms with van der Waals surface area (Å²) in [5.41, 5.74) is 4.72. The van der Waals surface area contributed by atoms with Gasteiger partial charge in [-0.15, -0.1) is 0 Å². The Balaban J connectivity index is 2.18. The molecule has 0 saturated carbocycles. The molecule has 1 fully saturated rings. The molecule has 92 valence electrons. The number of hydrogen-bond donors (Lipinski definition) is 0. The Hall–Kier alpha value is -1.19. The van der Waals surface area contributed by atoms with Crippen LogP contribution in [-0.4, -0.2) is 36.2 Å². The number of rotatable bonds is 3. The first-order valence-corrected chi connectivity index (χ1v) is 6.10. The van der Waals surface area contributed by atoms with Crippen molar-refractivity contribution in [2.45, 2.75) is 20.4 Å². The van der Waals surface area contributed by atoms with Crippen LogP contribution in [0.2, 0.25) is 0 Å². The maximum atomic E-state index is 5.36. The lowest BCUT2D eigenvalue weighted by Gasteiger charge is -2.27. The van der Waals surface area contributed by atoms with E-state index in [1.165, 1.54) is 16.8 Å². The molecule has 0 bridgehead atoms. The van der Waals surface area contributed by atoms with Crippen LogP contribution in [0.15, 0.2) is 12.6 Å². The summed E-state index contributed by atoms with van der Waals surface area (Å²) in [6, 6.07) is 2.09. The van der Waals surface area contributed by atoms with Crippen LogP contribution in [0.3, 0.4) is 0 Å². The molecule has 3 nitrogen and oxygen atoms in total. The summed E-state index contributed by atoms with van der Waals surface area (Å²) in [7, 11) is 0. The van der Waals surface area contributed by atoms with Crippen molar-refractivity contribution in [3.05, 3.63) is 35.2 Å². The van der Waals surface area contributed by atoms with Gasteiger partial charge in [0.05, 0.1) is 24.6 Å². The van der Waals surface area contributed by atoms with Crippen LogP contribution in [0.5, 0.6) is 0 Å². The molecule has 0 amide bonds. The molecule has 0 aliphatic carbocycles. The molecule has 1 aliphatic rings. The summed E-state index contributed by atoms with van der Waals surface area (Å²) in [4.78, 5) is 7.04. The molecule has 0 aromatic carbocycles. The van der Waals surface area contributed by atoms with Crippen LogP contribution < -0.4 is 0 Å². The van der Waals surface area contributed by atoms with E-state index in [-0.39, 0.29) is 0 Å². The molecule has 17 heavy (non-hydrogen) atoms. The normalized spacial score (nSPS) is 17.1. The van der Waals surface area contributed by atoms with E-state index in [0.717, 1.165) is 38.5 Å². The highest BCUT2D eigenvalue weighted by Crippen LogP contribution is 2.16. The highest BCUT2D eigenvalue weighted by atomic mass is 16.5. The van der Waals surface area contributed by atoms with Gasteiger partial charge in [0.2, 0.25) is 0 Å². The van der Waals surface area contributed by atoms with Gasteiger partial charge in [-0.25, -0.2) is 0 Å². The summed E-state index contributed by atoms with van der Waals surface area (Å²) in [5, 5.41) is 0. The van der Waals surface area contributed by atoms with Gasteiger partial charge in [0, 0.05) is 19.6 Å². The largest absolute Gasteiger partial charge is 0.379 e. The molecule has 2 rings (SSSR count). The molecule has 1 saturated heterocycles. The SMILES string of the molecule is C=Cc1cc(C)c(C)c(CN2CCOCC2)n1. The number of ether oxygens (including phenoxy) is 1. The van der Waals surface area contributed by atoms with Gasteiger partial charge < -0.3 is 4.74 Å². The summed E-state index contributed by atoms with van der Waals surface area (Å²) in [6.45, 7) is 12.6. The average molecular weight is 232 g/mol. The second-order valence-electron chi connectivity index (χ2n) is 4.53.